The minimum Gasteiger partial charge on any atom is -0.477 e. The molecule has 0 fully saturated rings. The Hall–Kier alpha value is -4.58. The maximum Gasteiger partial charge on any atom is 0.353 e. The van der Waals surface area contributed by atoms with Gasteiger partial charge in [-0.2, -0.15) is 0 Å². The van der Waals surface area contributed by atoms with Gasteiger partial charge in [0.15, 0.2) is 0 Å². The normalized spacial score (nSPS) is 11.8. The predicted octanol–water partition coefficient (Wildman–Crippen LogP) is 7.96. The fourth-order valence-electron chi connectivity index (χ4n) is 5.28. The van der Waals surface area contributed by atoms with Crippen molar-refractivity contribution in [3.05, 3.63) is 113 Å². The molecular weight excluding hydrogens is 500 g/mol. The lowest BCUT2D eigenvalue weighted by Gasteiger charge is -2.19. The average molecular weight is 535 g/mol. The molecule has 2 heterocycles. The zero-order valence-corrected chi connectivity index (χ0v) is 23.5. The molecule has 2 aromatic heterocycles. The molecule has 0 unspecified atom stereocenters. The third-order valence-corrected chi connectivity index (χ3v) is 7.55. The van der Waals surface area contributed by atoms with Gasteiger partial charge in [-0.25, -0.2) is 9.59 Å². The average Bonchev–Trinajstić information content (AvgIpc) is 3.51. The van der Waals surface area contributed by atoms with E-state index in [0.717, 1.165) is 33.3 Å². The van der Waals surface area contributed by atoms with Gasteiger partial charge in [0.1, 0.15) is 11.4 Å². The summed E-state index contributed by atoms with van der Waals surface area (Å²) < 4.78 is 3.36. The van der Waals surface area contributed by atoms with Crippen LogP contribution in [0, 0.1) is 0 Å². The Bertz CT molecular complexity index is 1710. The van der Waals surface area contributed by atoms with E-state index < -0.39 is 11.9 Å². The third-order valence-electron chi connectivity index (χ3n) is 7.55. The highest BCUT2D eigenvalue weighted by Crippen LogP contribution is 2.35. The van der Waals surface area contributed by atoms with Crippen molar-refractivity contribution < 1.29 is 19.8 Å². The van der Waals surface area contributed by atoms with Crippen LogP contribution in [0.3, 0.4) is 0 Å². The van der Waals surface area contributed by atoms with Crippen LogP contribution in [0.4, 0.5) is 0 Å². The standard InChI is InChI=1S/C34H34N2O4/c1-21(2)22-10-15-26(16-11-22)36-29-17-12-24(23-8-13-25(14-9-23)34(3,4)5)19-27(29)28(31(36)33(39)40)20-35-18-6-7-30(35)32(37)38/h6-19,21H,20H2,1-5H3,(H,37,38)(H,39,40). The van der Waals surface area contributed by atoms with Gasteiger partial charge in [0.05, 0.1) is 12.1 Å². The lowest BCUT2D eigenvalue weighted by atomic mass is 9.86. The van der Waals surface area contributed by atoms with Gasteiger partial charge in [-0.3, -0.25) is 0 Å². The molecule has 40 heavy (non-hydrogen) atoms. The van der Waals surface area contributed by atoms with E-state index in [4.69, 9.17) is 0 Å². The van der Waals surface area contributed by atoms with Crippen LogP contribution < -0.4 is 0 Å². The zero-order chi connectivity index (χ0) is 28.8. The van der Waals surface area contributed by atoms with Crippen LogP contribution in [-0.2, 0) is 12.0 Å². The van der Waals surface area contributed by atoms with Gasteiger partial charge in [-0.05, 0) is 70.0 Å². The van der Waals surface area contributed by atoms with Crippen molar-refractivity contribution in [1.82, 2.24) is 9.13 Å². The molecule has 0 aliphatic heterocycles. The number of carboxylic acids is 2. The van der Waals surface area contributed by atoms with Gasteiger partial charge in [0, 0.05) is 22.8 Å². The fraction of sp³-hybridized carbons (Fsp3) is 0.235. The molecule has 6 nitrogen and oxygen atoms in total. The molecule has 6 heteroatoms. The summed E-state index contributed by atoms with van der Waals surface area (Å²) in [5.41, 5.74) is 6.70. The number of aromatic nitrogens is 2. The summed E-state index contributed by atoms with van der Waals surface area (Å²) in [4.78, 5) is 24.7. The zero-order valence-electron chi connectivity index (χ0n) is 23.5. The first-order valence-electron chi connectivity index (χ1n) is 13.5. The number of fused-ring (bicyclic) bond motifs is 1. The van der Waals surface area contributed by atoms with Gasteiger partial charge in [0.2, 0.25) is 0 Å². The van der Waals surface area contributed by atoms with Crippen molar-refractivity contribution in [1.29, 1.82) is 0 Å². The van der Waals surface area contributed by atoms with Gasteiger partial charge < -0.3 is 19.3 Å². The first-order valence-corrected chi connectivity index (χ1v) is 13.5. The number of carboxylic acid groups (broad SMARTS) is 2. The molecule has 0 bridgehead atoms. The Morgan fingerprint density at radius 3 is 2.05 bits per heavy atom. The van der Waals surface area contributed by atoms with Gasteiger partial charge in [-0.1, -0.05) is 77.1 Å². The molecule has 2 N–H and O–H groups in total. The molecule has 0 saturated heterocycles. The fourth-order valence-corrected chi connectivity index (χ4v) is 5.28. The monoisotopic (exact) mass is 534 g/mol. The predicted molar refractivity (Wildman–Crippen MR) is 159 cm³/mol. The van der Waals surface area contributed by atoms with Crippen molar-refractivity contribution in [3.63, 3.8) is 0 Å². The quantitative estimate of drug-likeness (QED) is 0.222. The van der Waals surface area contributed by atoms with Crippen LogP contribution >= 0.6 is 0 Å². The maximum atomic E-state index is 12.8. The molecule has 0 saturated carbocycles. The Labute approximate surface area is 234 Å². The van der Waals surface area contributed by atoms with E-state index in [2.05, 4.69) is 58.9 Å². The van der Waals surface area contributed by atoms with Crippen LogP contribution in [0.2, 0.25) is 0 Å². The van der Waals surface area contributed by atoms with Gasteiger partial charge in [-0.15, -0.1) is 0 Å². The number of hydrogen-bond donors (Lipinski definition) is 2. The largest absolute Gasteiger partial charge is 0.477 e. The molecule has 0 atom stereocenters. The van der Waals surface area contributed by atoms with Crippen LogP contribution in [0.15, 0.2) is 85.1 Å². The summed E-state index contributed by atoms with van der Waals surface area (Å²) in [6, 6.07) is 25.6. The second kappa shape index (κ2) is 10.2. The van der Waals surface area contributed by atoms with E-state index in [0.29, 0.717) is 11.5 Å². The summed E-state index contributed by atoms with van der Waals surface area (Å²) in [5, 5.41) is 21.0. The Morgan fingerprint density at radius 2 is 1.48 bits per heavy atom. The van der Waals surface area contributed by atoms with E-state index in [1.807, 2.05) is 42.5 Å². The van der Waals surface area contributed by atoms with E-state index in [1.165, 1.54) is 11.6 Å². The smallest absolute Gasteiger partial charge is 0.353 e. The van der Waals surface area contributed by atoms with Crippen molar-refractivity contribution in [2.24, 2.45) is 0 Å². The highest BCUT2D eigenvalue weighted by molar-refractivity contribution is 6.01. The lowest BCUT2D eigenvalue weighted by Crippen LogP contribution is -2.13. The van der Waals surface area contributed by atoms with E-state index >= 15 is 0 Å². The molecule has 3 aromatic carbocycles. The molecule has 5 rings (SSSR count). The summed E-state index contributed by atoms with van der Waals surface area (Å²) in [6.07, 6.45) is 1.67. The van der Waals surface area contributed by atoms with Gasteiger partial charge in [0.25, 0.3) is 0 Å². The summed E-state index contributed by atoms with van der Waals surface area (Å²) in [5.74, 6) is -1.78. The van der Waals surface area contributed by atoms with Crippen molar-refractivity contribution in [3.8, 4) is 16.8 Å². The molecular formula is C34H34N2O4. The van der Waals surface area contributed by atoms with E-state index in [-0.39, 0.29) is 23.3 Å². The minimum absolute atomic E-state index is 0.0347. The molecule has 0 amide bonds. The number of nitrogens with zero attached hydrogens (tertiary/aromatic N) is 2. The minimum atomic E-state index is -1.07. The van der Waals surface area contributed by atoms with E-state index in [9.17, 15) is 19.8 Å². The molecule has 0 aliphatic carbocycles. The van der Waals surface area contributed by atoms with Crippen LogP contribution in [0.1, 0.15) is 78.2 Å². The number of benzene rings is 3. The van der Waals surface area contributed by atoms with Crippen molar-refractivity contribution in [2.75, 3.05) is 0 Å². The van der Waals surface area contributed by atoms with Crippen molar-refractivity contribution >= 4 is 22.8 Å². The second-order valence-electron chi connectivity index (χ2n) is 11.6. The van der Waals surface area contributed by atoms with Gasteiger partial charge >= 0.3 is 11.9 Å². The summed E-state index contributed by atoms with van der Waals surface area (Å²) in [7, 11) is 0. The molecule has 5 aromatic rings. The topological polar surface area (TPSA) is 84.5 Å². The summed E-state index contributed by atoms with van der Waals surface area (Å²) >= 11 is 0. The Morgan fingerprint density at radius 1 is 0.825 bits per heavy atom. The number of hydrogen-bond acceptors (Lipinski definition) is 2. The maximum absolute atomic E-state index is 12.8. The Kier molecular flexibility index (Phi) is 6.88. The van der Waals surface area contributed by atoms with Crippen molar-refractivity contribution in [2.45, 2.75) is 52.5 Å². The highest BCUT2D eigenvalue weighted by Gasteiger charge is 2.25. The van der Waals surface area contributed by atoms with E-state index in [1.54, 1.807) is 21.4 Å². The molecule has 0 spiro atoms. The molecule has 204 valence electrons. The third kappa shape index (κ3) is 4.93. The SMILES string of the molecule is CC(C)c1ccc(-n2c(C(=O)O)c(Cn3cccc3C(=O)O)c3cc(-c4ccc(C(C)(C)C)cc4)ccc32)cc1. The van der Waals surface area contributed by atoms with Crippen LogP contribution in [0.25, 0.3) is 27.7 Å². The molecule has 0 radical (unpaired) electrons. The second-order valence-corrected chi connectivity index (χ2v) is 11.6. The first kappa shape index (κ1) is 27.0. The number of carbonyl (C=O) groups is 2. The van der Waals surface area contributed by atoms with Crippen LogP contribution in [-0.4, -0.2) is 31.3 Å². The van der Waals surface area contributed by atoms with Crippen LogP contribution in [0.5, 0.6) is 0 Å². The Balaban J connectivity index is 1.75. The summed E-state index contributed by atoms with van der Waals surface area (Å²) in [6.45, 7) is 10.9. The number of rotatable bonds is 7. The number of aromatic carboxylic acids is 2. The molecule has 0 aliphatic rings. The lowest BCUT2D eigenvalue weighted by molar-refractivity contribution is 0.0679. The highest BCUT2D eigenvalue weighted by atomic mass is 16.4. The first-order chi connectivity index (χ1) is 19.0.